The van der Waals surface area contributed by atoms with Crippen LogP contribution in [0.5, 0.6) is 0 Å². The summed E-state index contributed by atoms with van der Waals surface area (Å²) in [4.78, 5) is 27.7. The van der Waals surface area contributed by atoms with Crippen molar-refractivity contribution in [3.63, 3.8) is 0 Å². The van der Waals surface area contributed by atoms with Gasteiger partial charge in [0.2, 0.25) is 11.8 Å². The summed E-state index contributed by atoms with van der Waals surface area (Å²) in [6, 6.07) is 10.2. The van der Waals surface area contributed by atoms with Gasteiger partial charge in [-0.15, -0.1) is 0 Å². The molecule has 2 aromatic rings. The molecule has 1 aliphatic rings. The molecule has 1 aromatic heterocycles. The second kappa shape index (κ2) is 16.6. The molecule has 2 amide bonds. The zero-order valence-corrected chi connectivity index (χ0v) is 23.9. The third-order valence-corrected chi connectivity index (χ3v) is 7.19. The summed E-state index contributed by atoms with van der Waals surface area (Å²) in [5.41, 5.74) is 0.937. The van der Waals surface area contributed by atoms with Crippen LogP contribution in [0.1, 0.15) is 105 Å². The van der Waals surface area contributed by atoms with Crippen LogP contribution in [0.4, 0.5) is 0 Å². The van der Waals surface area contributed by atoms with Crippen LogP contribution in [-0.4, -0.2) is 50.9 Å². The third kappa shape index (κ3) is 10.1. The average Bonchev–Trinajstić information content (AvgIpc) is 3.57. The molecule has 0 saturated heterocycles. The fraction of sp³-hybridized carbons (Fsp3) is 0.636. The molecular weight excluding hydrogens is 502 g/mol. The van der Waals surface area contributed by atoms with Crippen LogP contribution in [-0.2, 0) is 16.0 Å². The summed E-state index contributed by atoms with van der Waals surface area (Å²) in [5.74, 6) is -3.12. The van der Waals surface area contributed by atoms with Gasteiger partial charge in [0.05, 0.1) is 12.1 Å². The molecule has 3 rings (SSSR count). The van der Waals surface area contributed by atoms with Crippen molar-refractivity contribution in [2.24, 2.45) is 11.8 Å². The van der Waals surface area contributed by atoms with Gasteiger partial charge in [0, 0.05) is 27.0 Å². The van der Waals surface area contributed by atoms with Crippen molar-refractivity contribution in [3.05, 3.63) is 60.4 Å². The number of nitrogens with zero attached hydrogens (tertiary/aromatic N) is 1. The van der Waals surface area contributed by atoms with E-state index in [1.807, 2.05) is 63.2 Å². The Hall–Kier alpha value is -2.64. The molecule has 1 aromatic carbocycles. The van der Waals surface area contributed by atoms with Crippen LogP contribution in [0.2, 0.25) is 0 Å². The van der Waals surface area contributed by atoms with Crippen LogP contribution >= 0.6 is 0 Å². The number of aliphatic hydroxyl groups is 2. The van der Waals surface area contributed by atoms with Crippen molar-refractivity contribution in [1.29, 1.82) is 0 Å². The number of aliphatic hydroxyl groups excluding tert-OH is 2. The van der Waals surface area contributed by atoms with Gasteiger partial charge in [-0.05, 0) is 48.8 Å². The van der Waals surface area contributed by atoms with E-state index in [2.05, 4.69) is 10.6 Å². The maximum Gasteiger partial charge on any atom is 0.244 e. The molecule has 4 N–H and O–H groups in total. The lowest BCUT2D eigenvalue weighted by Crippen LogP contribution is -2.56. The number of rotatable bonds is 16. The molecule has 7 heteroatoms. The van der Waals surface area contributed by atoms with Gasteiger partial charge in [0.15, 0.2) is 0 Å². The van der Waals surface area contributed by atoms with Gasteiger partial charge in [0.25, 0.3) is 0 Å². The van der Waals surface area contributed by atoms with Gasteiger partial charge in [-0.3, -0.25) is 9.59 Å². The van der Waals surface area contributed by atoms with Crippen molar-refractivity contribution in [1.82, 2.24) is 15.2 Å². The molecule has 4 unspecified atom stereocenters. The predicted molar refractivity (Wildman–Crippen MR) is 160 cm³/mol. The number of hydrogen-bond donors (Lipinski definition) is 4. The topological polar surface area (TPSA) is 104 Å². The quantitative estimate of drug-likeness (QED) is 0.225. The van der Waals surface area contributed by atoms with E-state index < -0.39 is 80.5 Å². The Morgan fingerprint density at radius 3 is 2.33 bits per heavy atom. The smallest absolute Gasteiger partial charge is 0.244 e. The molecule has 222 valence electrons. The fourth-order valence-electron chi connectivity index (χ4n) is 4.97. The normalized spacial score (nSPS) is 32.6. The molecule has 0 bridgehead atoms. The summed E-state index contributed by atoms with van der Waals surface area (Å²) in [7, 11) is 0. The number of benzene rings is 1. The second-order valence-corrected chi connectivity index (χ2v) is 11.0. The number of carbonyl (C=O) groups excluding carboxylic acids is 2. The summed E-state index contributed by atoms with van der Waals surface area (Å²) < 4.78 is 52.7. The van der Waals surface area contributed by atoms with Gasteiger partial charge in [0.1, 0.15) is 18.2 Å². The highest BCUT2D eigenvalue weighted by molar-refractivity contribution is 5.89. The molecule has 0 aliphatic heterocycles. The van der Waals surface area contributed by atoms with E-state index in [9.17, 15) is 19.8 Å². The first-order valence-corrected chi connectivity index (χ1v) is 14.5. The lowest BCUT2D eigenvalue weighted by molar-refractivity contribution is -0.132. The minimum atomic E-state index is -2.08. The van der Waals surface area contributed by atoms with Crippen LogP contribution in [0.25, 0.3) is 0 Å². The maximum atomic E-state index is 13.9. The lowest BCUT2D eigenvalue weighted by Gasteiger charge is -2.34. The number of amides is 2. The van der Waals surface area contributed by atoms with E-state index in [1.165, 1.54) is 0 Å². The maximum absolute atomic E-state index is 13.9. The van der Waals surface area contributed by atoms with Gasteiger partial charge < -0.3 is 25.4 Å². The molecule has 1 fully saturated rings. The summed E-state index contributed by atoms with van der Waals surface area (Å²) >= 11 is 0. The summed E-state index contributed by atoms with van der Waals surface area (Å²) in [5, 5.41) is 27.8. The van der Waals surface area contributed by atoms with Crippen molar-refractivity contribution < 1.29 is 28.0 Å². The molecular formula is C33H51N3O4. The number of aromatic nitrogens is 1. The molecule has 0 radical (unpaired) electrons. The Kier molecular flexibility index (Phi) is 9.95. The van der Waals surface area contributed by atoms with Gasteiger partial charge in [-0.25, -0.2) is 0 Å². The predicted octanol–water partition coefficient (Wildman–Crippen LogP) is 5.17. The Bertz CT molecular complexity index is 1210. The Morgan fingerprint density at radius 2 is 1.70 bits per heavy atom. The number of nitrogens with one attached hydrogen (secondary N) is 2. The van der Waals surface area contributed by atoms with E-state index in [1.54, 1.807) is 17.0 Å². The van der Waals surface area contributed by atoms with E-state index in [-0.39, 0.29) is 24.7 Å². The Balaban J connectivity index is 1.90. The minimum absolute atomic E-state index is 0.0142. The van der Waals surface area contributed by atoms with E-state index in [0.29, 0.717) is 12.8 Å². The zero-order valence-electron chi connectivity index (χ0n) is 29.9. The average molecular weight is 566 g/mol. The highest BCUT2D eigenvalue weighted by atomic mass is 16.3. The van der Waals surface area contributed by atoms with Crippen LogP contribution < -0.4 is 10.6 Å². The number of carbonyl (C=O) groups is 2. The molecule has 1 saturated carbocycles. The van der Waals surface area contributed by atoms with E-state index >= 15 is 0 Å². The second-order valence-electron chi connectivity index (χ2n) is 11.0. The monoisotopic (exact) mass is 565 g/mol. The van der Waals surface area contributed by atoms with Crippen molar-refractivity contribution in [3.8, 4) is 0 Å². The molecule has 7 nitrogen and oxygen atoms in total. The lowest BCUT2D eigenvalue weighted by atomic mass is 9.82. The van der Waals surface area contributed by atoms with Crippen LogP contribution in [0.15, 0.2) is 54.9 Å². The Labute approximate surface area is 249 Å². The van der Waals surface area contributed by atoms with Crippen molar-refractivity contribution in [2.45, 2.75) is 122 Å². The van der Waals surface area contributed by atoms with Crippen LogP contribution in [0, 0.1) is 11.8 Å². The first kappa shape index (κ1) is 24.0. The number of unbranched alkanes of at least 4 members (excludes halogenated alkanes) is 1. The minimum Gasteiger partial charge on any atom is -0.390 e. The largest absolute Gasteiger partial charge is 0.390 e. The molecule has 0 spiro atoms. The highest BCUT2D eigenvalue weighted by Crippen LogP contribution is 2.29. The van der Waals surface area contributed by atoms with Gasteiger partial charge in [-0.2, -0.15) is 0 Å². The molecule has 40 heavy (non-hydrogen) atoms. The standard InChI is InChI=1S/C33H51N3O4/c1-4-5-18-27(34-33(40)29(36-19-12-13-20-36)23-26-16-10-7-11-17-26)32(39)35-28(22-25-14-8-6-9-15-25)31(38)30(37)21-24(2)3/h7,10-13,16-17,19-20,24-25,27-31,37-38H,4-6,8-9,14-15,18,21-23H2,1-3H3,(H,34,40)(H,35,39)/t27-,28-,29-,30-,31+/m0/s1/i6T,8T,9T,14T,15T,25T/t6?,8?,9?,14?,15?,25?,27-,28-,29-,30-,31+. The number of hydrogen-bond acceptors (Lipinski definition) is 4. The molecule has 1 heterocycles. The summed E-state index contributed by atoms with van der Waals surface area (Å²) in [6.07, 6.45) is -4.92. The summed E-state index contributed by atoms with van der Waals surface area (Å²) in [6.45, 7) is 5.66. The van der Waals surface area contributed by atoms with E-state index in [4.69, 9.17) is 8.22 Å². The first-order chi connectivity index (χ1) is 21.7. The van der Waals surface area contributed by atoms with Gasteiger partial charge in [-0.1, -0.05) is 95.9 Å². The van der Waals surface area contributed by atoms with E-state index in [0.717, 1.165) is 12.0 Å². The SMILES string of the molecule is [3H]C1C([3H])C([3H])C([3H])(C[C@H](NC(=O)[C@H](CCCC)NC(=O)[C@H](Cc2ccccc2)n2cccc2)[C@@H](O)[C@@H](O)CC(C)C)C([3H])C1[3H]. The fourth-order valence-corrected chi connectivity index (χ4v) is 4.97. The van der Waals surface area contributed by atoms with Crippen LogP contribution in [0.3, 0.4) is 0 Å². The highest BCUT2D eigenvalue weighted by Gasteiger charge is 2.33. The third-order valence-electron chi connectivity index (χ3n) is 7.19. The van der Waals surface area contributed by atoms with Crippen molar-refractivity contribution in [2.75, 3.05) is 0 Å². The molecule has 1 aliphatic carbocycles. The Morgan fingerprint density at radius 1 is 1.02 bits per heavy atom. The van der Waals surface area contributed by atoms with Crippen molar-refractivity contribution >= 4 is 11.8 Å². The zero-order chi connectivity index (χ0) is 34.2. The molecule has 9 atom stereocenters. The first-order valence-electron chi connectivity index (χ1n) is 17.8. The van der Waals surface area contributed by atoms with Gasteiger partial charge >= 0.3 is 0 Å².